The molecule has 1 aliphatic rings. The number of halogens is 2. The van der Waals surface area contributed by atoms with Crippen molar-refractivity contribution >= 4 is 27.5 Å². The van der Waals surface area contributed by atoms with Crippen LogP contribution >= 0.6 is 15.9 Å². The Morgan fingerprint density at radius 1 is 1.38 bits per heavy atom. The average Bonchev–Trinajstić information content (AvgIpc) is 3.02. The molecule has 0 spiro atoms. The quantitative estimate of drug-likeness (QED) is 0.821. The Morgan fingerprint density at radius 2 is 2.19 bits per heavy atom. The number of anilines is 1. The summed E-state index contributed by atoms with van der Waals surface area (Å²) in [6, 6.07) is 6.49. The fourth-order valence-electron chi connectivity index (χ4n) is 2.78. The van der Waals surface area contributed by atoms with Crippen LogP contribution in [0.15, 0.2) is 34.9 Å². The zero-order valence-corrected chi connectivity index (χ0v) is 13.4. The van der Waals surface area contributed by atoms with E-state index in [2.05, 4.69) is 22.9 Å². The predicted octanol–water partition coefficient (Wildman–Crippen LogP) is 4.00. The Bertz CT molecular complexity index is 696. The molecular formula is C16H16BrFN2O. The molecule has 21 heavy (non-hydrogen) atoms. The van der Waals surface area contributed by atoms with Gasteiger partial charge in [-0.3, -0.25) is 4.79 Å². The fraction of sp³-hybridized carbons (Fsp3) is 0.312. The Balaban J connectivity index is 1.96. The SMILES string of the molecule is CCCn1cc(Br)cc1C(=O)N1CCc2ccc(F)cc21. The zero-order valence-electron chi connectivity index (χ0n) is 11.8. The van der Waals surface area contributed by atoms with Crippen molar-refractivity contribution in [3.05, 3.63) is 52.0 Å². The van der Waals surface area contributed by atoms with Gasteiger partial charge < -0.3 is 9.47 Å². The molecule has 1 aliphatic heterocycles. The molecule has 0 atom stereocenters. The van der Waals surface area contributed by atoms with Gasteiger partial charge >= 0.3 is 0 Å². The number of aromatic nitrogens is 1. The lowest BCUT2D eigenvalue weighted by molar-refractivity contribution is 0.0980. The van der Waals surface area contributed by atoms with Gasteiger partial charge in [-0.25, -0.2) is 4.39 Å². The van der Waals surface area contributed by atoms with Gasteiger partial charge in [0.25, 0.3) is 5.91 Å². The van der Waals surface area contributed by atoms with Gasteiger partial charge in [-0.05, 0) is 52.5 Å². The lowest BCUT2D eigenvalue weighted by Crippen LogP contribution is -2.30. The van der Waals surface area contributed by atoms with Crippen molar-refractivity contribution in [1.29, 1.82) is 0 Å². The summed E-state index contributed by atoms with van der Waals surface area (Å²) in [5, 5.41) is 0. The summed E-state index contributed by atoms with van der Waals surface area (Å²) < 4.78 is 16.3. The Kier molecular flexibility index (Phi) is 3.85. The summed E-state index contributed by atoms with van der Waals surface area (Å²) in [6.07, 6.45) is 3.64. The van der Waals surface area contributed by atoms with Crippen LogP contribution in [-0.2, 0) is 13.0 Å². The van der Waals surface area contributed by atoms with Crippen LogP contribution in [0.2, 0.25) is 0 Å². The highest BCUT2D eigenvalue weighted by atomic mass is 79.9. The molecule has 0 saturated carbocycles. The maximum atomic E-state index is 13.5. The van der Waals surface area contributed by atoms with Crippen LogP contribution in [0.1, 0.15) is 29.4 Å². The van der Waals surface area contributed by atoms with Gasteiger partial charge in [0.1, 0.15) is 11.5 Å². The number of rotatable bonds is 3. The first kappa shape index (κ1) is 14.3. The number of carbonyl (C=O) groups excluding carboxylic acids is 1. The third kappa shape index (κ3) is 2.62. The van der Waals surface area contributed by atoms with E-state index < -0.39 is 0 Å². The van der Waals surface area contributed by atoms with Gasteiger partial charge in [0.2, 0.25) is 0 Å². The van der Waals surface area contributed by atoms with Crippen molar-refractivity contribution in [3.8, 4) is 0 Å². The molecule has 0 N–H and O–H groups in total. The average molecular weight is 351 g/mol. The molecule has 0 aliphatic carbocycles. The lowest BCUT2D eigenvalue weighted by atomic mass is 10.2. The highest BCUT2D eigenvalue weighted by Gasteiger charge is 2.27. The largest absolute Gasteiger partial charge is 0.342 e. The first-order valence-corrected chi connectivity index (χ1v) is 7.85. The molecule has 3 rings (SSSR count). The first-order chi connectivity index (χ1) is 10.1. The van der Waals surface area contributed by atoms with Crippen LogP contribution in [0.4, 0.5) is 10.1 Å². The minimum absolute atomic E-state index is 0.0708. The molecule has 110 valence electrons. The van der Waals surface area contributed by atoms with Gasteiger partial charge in [-0.2, -0.15) is 0 Å². The normalized spacial score (nSPS) is 13.6. The monoisotopic (exact) mass is 350 g/mol. The van der Waals surface area contributed by atoms with Crippen LogP contribution in [0.25, 0.3) is 0 Å². The number of fused-ring (bicyclic) bond motifs is 1. The molecule has 3 nitrogen and oxygen atoms in total. The predicted molar refractivity (Wildman–Crippen MR) is 84.2 cm³/mol. The Hall–Kier alpha value is -1.62. The molecular weight excluding hydrogens is 335 g/mol. The molecule has 2 aromatic rings. The number of hydrogen-bond donors (Lipinski definition) is 0. The van der Waals surface area contributed by atoms with Gasteiger partial charge in [-0.1, -0.05) is 13.0 Å². The summed E-state index contributed by atoms with van der Waals surface area (Å²) in [5.41, 5.74) is 2.36. The molecule has 1 amide bonds. The maximum Gasteiger partial charge on any atom is 0.274 e. The summed E-state index contributed by atoms with van der Waals surface area (Å²) >= 11 is 3.42. The van der Waals surface area contributed by atoms with Crippen molar-refractivity contribution in [2.45, 2.75) is 26.3 Å². The van der Waals surface area contributed by atoms with Crippen molar-refractivity contribution < 1.29 is 9.18 Å². The van der Waals surface area contributed by atoms with Crippen LogP contribution in [0.5, 0.6) is 0 Å². The van der Waals surface area contributed by atoms with E-state index >= 15 is 0 Å². The smallest absolute Gasteiger partial charge is 0.274 e. The van der Waals surface area contributed by atoms with E-state index in [0.29, 0.717) is 17.9 Å². The second-order valence-corrected chi connectivity index (χ2v) is 6.13. The van der Waals surface area contributed by atoms with Crippen molar-refractivity contribution in [2.24, 2.45) is 0 Å². The number of nitrogens with zero attached hydrogens (tertiary/aromatic N) is 2. The van der Waals surface area contributed by atoms with E-state index in [1.807, 2.05) is 16.8 Å². The third-order valence-corrected chi connectivity index (χ3v) is 4.17. The highest BCUT2D eigenvalue weighted by Crippen LogP contribution is 2.30. The second kappa shape index (κ2) is 5.64. The molecule has 1 aromatic heterocycles. The molecule has 0 bridgehead atoms. The topological polar surface area (TPSA) is 25.2 Å². The number of carbonyl (C=O) groups is 1. The van der Waals surface area contributed by atoms with Gasteiger partial charge in [0.15, 0.2) is 0 Å². The van der Waals surface area contributed by atoms with Crippen molar-refractivity contribution in [3.63, 3.8) is 0 Å². The van der Waals surface area contributed by atoms with Crippen molar-refractivity contribution in [2.75, 3.05) is 11.4 Å². The summed E-state index contributed by atoms with van der Waals surface area (Å²) in [5.74, 6) is -0.378. The van der Waals surface area contributed by atoms with Crippen LogP contribution in [0.3, 0.4) is 0 Å². The first-order valence-electron chi connectivity index (χ1n) is 7.06. The Morgan fingerprint density at radius 3 is 2.95 bits per heavy atom. The Labute approximate surface area is 131 Å². The third-order valence-electron chi connectivity index (χ3n) is 3.73. The summed E-state index contributed by atoms with van der Waals surface area (Å²) in [4.78, 5) is 14.5. The van der Waals surface area contributed by atoms with E-state index in [1.54, 1.807) is 11.0 Å². The standard InChI is InChI=1S/C16H16BrFN2O/c1-2-6-19-10-12(17)8-15(19)16(21)20-7-5-11-3-4-13(18)9-14(11)20/h3-4,8-10H,2,5-7H2,1H3. The number of amides is 1. The fourth-order valence-corrected chi connectivity index (χ4v) is 3.25. The zero-order chi connectivity index (χ0) is 15.0. The molecule has 1 aromatic carbocycles. The van der Waals surface area contributed by atoms with Crippen LogP contribution < -0.4 is 4.90 Å². The molecule has 0 unspecified atom stereocenters. The van der Waals surface area contributed by atoms with E-state index in [4.69, 9.17) is 0 Å². The van der Waals surface area contributed by atoms with E-state index in [1.165, 1.54) is 12.1 Å². The molecule has 2 heterocycles. The minimum atomic E-state index is -0.307. The minimum Gasteiger partial charge on any atom is -0.342 e. The number of hydrogen-bond acceptors (Lipinski definition) is 1. The van der Waals surface area contributed by atoms with Crippen LogP contribution in [-0.4, -0.2) is 17.0 Å². The van der Waals surface area contributed by atoms with E-state index in [0.717, 1.165) is 29.4 Å². The van der Waals surface area contributed by atoms with Gasteiger partial charge in [0, 0.05) is 23.8 Å². The lowest BCUT2D eigenvalue weighted by Gasteiger charge is -2.18. The summed E-state index contributed by atoms with van der Waals surface area (Å²) in [6.45, 7) is 3.46. The van der Waals surface area contributed by atoms with E-state index in [-0.39, 0.29) is 11.7 Å². The molecule has 0 fully saturated rings. The second-order valence-electron chi connectivity index (χ2n) is 5.22. The molecule has 5 heteroatoms. The maximum absolute atomic E-state index is 13.5. The molecule has 0 radical (unpaired) electrons. The summed E-state index contributed by atoms with van der Waals surface area (Å²) in [7, 11) is 0. The number of benzene rings is 1. The van der Waals surface area contributed by atoms with Crippen LogP contribution in [0, 0.1) is 5.82 Å². The van der Waals surface area contributed by atoms with Crippen molar-refractivity contribution in [1.82, 2.24) is 4.57 Å². The number of aryl methyl sites for hydroxylation is 1. The highest BCUT2D eigenvalue weighted by molar-refractivity contribution is 9.10. The van der Waals surface area contributed by atoms with Gasteiger partial charge in [0.05, 0.1) is 5.69 Å². The van der Waals surface area contributed by atoms with Gasteiger partial charge in [-0.15, -0.1) is 0 Å². The molecule has 0 saturated heterocycles. The van der Waals surface area contributed by atoms with E-state index in [9.17, 15) is 9.18 Å².